The molecule has 1 atom stereocenters. The van der Waals surface area contributed by atoms with Crippen LogP contribution in [0.5, 0.6) is 0 Å². The highest BCUT2D eigenvalue weighted by Gasteiger charge is 2.22. The van der Waals surface area contributed by atoms with E-state index in [1.807, 2.05) is 25.1 Å². The molecule has 1 aliphatic heterocycles. The fraction of sp³-hybridized carbons (Fsp3) is 0.562. The van der Waals surface area contributed by atoms with Crippen molar-refractivity contribution in [2.45, 2.75) is 33.1 Å². The fourth-order valence-electron chi connectivity index (χ4n) is 2.80. The van der Waals surface area contributed by atoms with Crippen molar-refractivity contribution in [3.8, 4) is 0 Å². The maximum atomic E-state index is 12.1. The second-order valence-electron chi connectivity index (χ2n) is 5.80. The Morgan fingerprint density at radius 2 is 2.10 bits per heavy atom. The van der Waals surface area contributed by atoms with Crippen LogP contribution in [0.1, 0.15) is 31.7 Å². The maximum absolute atomic E-state index is 12.1. The Kier molecular flexibility index (Phi) is 7.50. The zero-order valence-electron chi connectivity index (χ0n) is 12.6. The lowest BCUT2D eigenvalue weighted by Crippen LogP contribution is -2.32. The summed E-state index contributed by atoms with van der Waals surface area (Å²) in [6.07, 6.45) is 2.90. The van der Waals surface area contributed by atoms with Crippen molar-refractivity contribution < 1.29 is 4.79 Å². The summed E-state index contributed by atoms with van der Waals surface area (Å²) >= 11 is 6.14. The normalized spacial score (nSPS) is 16.9. The molecule has 1 aliphatic rings. The lowest BCUT2D eigenvalue weighted by Gasteiger charge is -2.27. The van der Waals surface area contributed by atoms with Gasteiger partial charge in [0.15, 0.2) is 0 Å². The Balaban J connectivity index is 0.00000220. The van der Waals surface area contributed by atoms with E-state index in [1.165, 1.54) is 12.8 Å². The lowest BCUT2D eigenvalue weighted by molar-refractivity contribution is -0.117. The molecule has 1 saturated heterocycles. The number of anilines is 1. The molecule has 1 amide bonds. The van der Waals surface area contributed by atoms with Gasteiger partial charge >= 0.3 is 0 Å². The molecule has 3 nitrogen and oxygen atoms in total. The third kappa shape index (κ3) is 5.50. The molecule has 0 aliphatic carbocycles. The molecular formula is C16H24Cl2N2O. The highest BCUT2D eigenvalue weighted by molar-refractivity contribution is 6.33. The number of carbonyl (C=O) groups excluding carboxylic acids is 1. The molecule has 118 valence electrons. The molecule has 1 unspecified atom stereocenters. The standard InChI is InChI=1S/C16H23ClN2O.ClH/c1-11-3-4-15(14(17)9-11)19-16(20)10-12(2)13-5-7-18-8-6-13;/h3-4,9,12-13,18H,5-8,10H2,1-2H3,(H,19,20);1H. The van der Waals surface area contributed by atoms with Gasteiger partial charge in [-0.3, -0.25) is 4.79 Å². The molecule has 0 radical (unpaired) electrons. The van der Waals surface area contributed by atoms with E-state index < -0.39 is 0 Å². The third-order valence-electron chi connectivity index (χ3n) is 4.09. The van der Waals surface area contributed by atoms with Gasteiger partial charge in [-0.2, -0.15) is 0 Å². The van der Waals surface area contributed by atoms with Gasteiger partial charge in [0.2, 0.25) is 5.91 Å². The van der Waals surface area contributed by atoms with Crippen LogP contribution in [0.2, 0.25) is 5.02 Å². The summed E-state index contributed by atoms with van der Waals surface area (Å²) in [6.45, 7) is 6.30. The van der Waals surface area contributed by atoms with E-state index in [-0.39, 0.29) is 18.3 Å². The number of nitrogens with one attached hydrogen (secondary N) is 2. The lowest BCUT2D eigenvalue weighted by atomic mass is 9.84. The first kappa shape index (κ1) is 18.3. The molecule has 21 heavy (non-hydrogen) atoms. The molecule has 0 bridgehead atoms. The van der Waals surface area contributed by atoms with Gasteiger partial charge in [-0.25, -0.2) is 0 Å². The number of hydrogen-bond acceptors (Lipinski definition) is 2. The van der Waals surface area contributed by atoms with Crippen LogP contribution in [-0.4, -0.2) is 19.0 Å². The molecule has 1 aromatic carbocycles. The number of halogens is 2. The Bertz CT molecular complexity index is 473. The first-order valence-electron chi connectivity index (χ1n) is 7.33. The Labute approximate surface area is 138 Å². The van der Waals surface area contributed by atoms with E-state index in [0.717, 1.165) is 18.7 Å². The molecule has 1 heterocycles. The van der Waals surface area contributed by atoms with Gasteiger partial charge in [0.25, 0.3) is 0 Å². The van der Waals surface area contributed by atoms with E-state index in [0.29, 0.717) is 29.0 Å². The van der Waals surface area contributed by atoms with Gasteiger partial charge < -0.3 is 10.6 Å². The van der Waals surface area contributed by atoms with E-state index in [1.54, 1.807) is 0 Å². The van der Waals surface area contributed by atoms with E-state index >= 15 is 0 Å². The minimum absolute atomic E-state index is 0. The summed E-state index contributed by atoms with van der Waals surface area (Å²) in [7, 11) is 0. The van der Waals surface area contributed by atoms with Crippen molar-refractivity contribution in [3.05, 3.63) is 28.8 Å². The molecule has 2 N–H and O–H groups in total. The van der Waals surface area contributed by atoms with Crippen molar-refractivity contribution in [2.24, 2.45) is 11.8 Å². The van der Waals surface area contributed by atoms with Crippen LogP contribution in [0.3, 0.4) is 0 Å². The Morgan fingerprint density at radius 3 is 2.71 bits per heavy atom. The number of carbonyl (C=O) groups is 1. The summed E-state index contributed by atoms with van der Waals surface area (Å²) in [4.78, 5) is 12.1. The van der Waals surface area contributed by atoms with Crippen molar-refractivity contribution >= 4 is 35.6 Å². The zero-order chi connectivity index (χ0) is 14.5. The average molecular weight is 331 g/mol. The number of piperidine rings is 1. The van der Waals surface area contributed by atoms with E-state index in [9.17, 15) is 4.79 Å². The molecule has 1 fully saturated rings. The van der Waals surface area contributed by atoms with Crippen LogP contribution in [-0.2, 0) is 4.79 Å². The van der Waals surface area contributed by atoms with Gasteiger partial charge in [-0.15, -0.1) is 12.4 Å². The molecule has 0 saturated carbocycles. The van der Waals surface area contributed by atoms with Crippen LogP contribution in [0, 0.1) is 18.8 Å². The smallest absolute Gasteiger partial charge is 0.224 e. The number of hydrogen-bond donors (Lipinski definition) is 2. The number of rotatable bonds is 4. The average Bonchev–Trinajstić information content (AvgIpc) is 2.43. The van der Waals surface area contributed by atoms with Crippen molar-refractivity contribution in [3.63, 3.8) is 0 Å². The van der Waals surface area contributed by atoms with Crippen LogP contribution in [0.25, 0.3) is 0 Å². The van der Waals surface area contributed by atoms with Gasteiger partial charge in [0, 0.05) is 6.42 Å². The molecule has 2 rings (SSSR count). The summed E-state index contributed by atoms with van der Waals surface area (Å²) in [5, 5.41) is 6.88. The van der Waals surface area contributed by atoms with Crippen LogP contribution in [0.4, 0.5) is 5.69 Å². The monoisotopic (exact) mass is 330 g/mol. The van der Waals surface area contributed by atoms with E-state index in [4.69, 9.17) is 11.6 Å². The Hall–Kier alpha value is -0.770. The molecule has 0 spiro atoms. The van der Waals surface area contributed by atoms with Gasteiger partial charge in [-0.05, 0) is 62.4 Å². The van der Waals surface area contributed by atoms with Gasteiger partial charge in [-0.1, -0.05) is 24.6 Å². The summed E-state index contributed by atoms with van der Waals surface area (Å²) < 4.78 is 0. The quantitative estimate of drug-likeness (QED) is 0.874. The minimum Gasteiger partial charge on any atom is -0.325 e. The summed E-state index contributed by atoms with van der Waals surface area (Å²) in [5.41, 5.74) is 1.80. The number of benzene rings is 1. The fourth-order valence-corrected chi connectivity index (χ4v) is 3.08. The highest BCUT2D eigenvalue weighted by atomic mass is 35.5. The van der Waals surface area contributed by atoms with Gasteiger partial charge in [0.05, 0.1) is 10.7 Å². The predicted molar refractivity (Wildman–Crippen MR) is 91.4 cm³/mol. The second kappa shape index (κ2) is 8.62. The molecular weight excluding hydrogens is 307 g/mol. The Morgan fingerprint density at radius 1 is 1.43 bits per heavy atom. The summed E-state index contributed by atoms with van der Waals surface area (Å²) in [5.74, 6) is 1.12. The SMILES string of the molecule is Cc1ccc(NC(=O)CC(C)C2CCNCC2)c(Cl)c1.Cl. The topological polar surface area (TPSA) is 41.1 Å². The zero-order valence-corrected chi connectivity index (χ0v) is 14.2. The van der Waals surface area contributed by atoms with Crippen LogP contribution < -0.4 is 10.6 Å². The molecule has 1 aromatic rings. The second-order valence-corrected chi connectivity index (χ2v) is 6.21. The van der Waals surface area contributed by atoms with Crippen LogP contribution in [0.15, 0.2) is 18.2 Å². The van der Waals surface area contributed by atoms with Crippen LogP contribution >= 0.6 is 24.0 Å². The first-order chi connectivity index (χ1) is 9.56. The molecule has 5 heteroatoms. The highest BCUT2D eigenvalue weighted by Crippen LogP contribution is 2.26. The predicted octanol–water partition coefficient (Wildman–Crippen LogP) is 4.03. The number of aryl methyl sites for hydroxylation is 1. The largest absolute Gasteiger partial charge is 0.325 e. The van der Waals surface area contributed by atoms with Crippen molar-refractivity contribution in [2.75, 3.05) is 18.4 Å². The third-order valence-corrected chi connectivity index (χ3v) is 4.41. The van der Waals surface area contributed by atoms with Crippen molar-refractivity contribution in [1.82, 2.24) is 5.32 Å². The maximum Gasteiger partial charge on any atom is 0.224 e. The first-order valence-corrected chi connectivity index (χ1v) is 7.71. The summed E-state index contributed by atoms with van der Waals surface area (Å²) in [6, 6.07) is 5.69. The van der Waals surface area contributed by atoms with Gasteiger partial charge in [0.1, 0.15) is 0 Å². The molecule has 0 aromatic heterocycles. The van der Waals surface area contributed by atoms with E-state index in [2.05, 4.69) is 17.6 Å². The number of amides is 1. The van der Waals surface area contributed by atoms with Crippen molar-refractivity contribution in [1.29, 1.82) is 0 Å². The minimum atomic E-state index is 0.